The molecule has 0 unspecified atom stereocenters. The van der Waals surface area contributed by atoms with E-state index < -0.39 is 0 Å². The van der Waals surface area contributed by atoms with Gasteiger partial charge in [0.1, 0.15) is 5.82 Å². The Morgan fingerprint density at radius 3 is 2.50 bits per heavy atom. The molecule has 4 heteroatoms. The van der Waals surface area contributed by atoms with E-state index in [1.54, 1.807) is 30.1 Å². The van der Waals surface area contributed by atoms with Crippen LogP contribution in [0.3, 0.4) is 0 Å². The number of carbonyl (C=O) groups excluding carboxylic acids is 1. The second-order valence-corrected chi connectivity index (χ2v) is 5.87. The predicted molar refractivity (Wildman–Crippen MR) is 95.3 cm³/mol. The van der Waals surface area contributed by atoms with Crippen LogP contribution in [-0.4, -0.2) is 24.4 Å². The van der Waals surface area contributed by atoms with Crippen molar-refractivity contribution in [3.05, 3.63) is 78.1 Å². The first kappa shape index (κ1) is 16.1. The van der Waals surface area contributed by atoms with Crippen LogP contribution in [0.25, 0.3) is 10.8 Å². The molecule has 0 aromatic heterocycles. The molecule has 1 amide bonds. The minimum atomic E-state index is -0.251. The van der Waals surface area contributed by atoms with Gasteiger partial charge in [-0.15, -0.1) is 0 Å². The summed E-state index contributed by atoms with van der Waals surface area (Å²) in [6.45, 7) is 0.582. The Morgan fingerprint density at radius 1 is 1.00 bits per heavy atom. The summed E-state index contributed by atoms with van der Waals surface area (Å²) in [5.74, 6) is -0.372. The normalized spacial score (nSPS) is 11.0. The van der Waals surface area contributed by atoms with Crippen LogP contribution in [0, 0.1) is 5.82 Å². The summed E-state index contributed by atoms with van der Waals surface area (Å²) in [6, 6.07) is 20.4. The molecule has 0 aliphatic carbocycles. The summed E-state index contributed by atoms with van der Waals surface area (Å²) in [4.78, 5) is 14.0. The Labute approximate surface area is 140 Å². The van der Waals surface area contributed by atoms with Crippen molar-refractivity contribution in [3.8, 4) is 0 Å². The molecule has 0 aliphatic rings. The van der Waals surface area contributed by atoms with Crippen LogP contribution in [0.15, 0.2) is 66.7 Å². The Balaban J connectivity index is 1.61. The van der Waals surface area contributed by atoms with E-state index in [-0.39, 0.29) is 18.3 Å². The molecule has 0 aliphatic heterocycles. The van der Waals surface area contributed by atoms with Gasteiger partial charge >= 0.3 is 0 Å². The fourth-order valence-corrected chi connectivity index (χ4v) is 2.69. The number of amides is 1. The van der Waals surface area contributed by atoms with Crippen molar-refractivity contribution in [2.24, 2.45) is 0 Å². The molecule has 0 saturated carbocycles. The van der Waals surface area contributed by atoms with E-state index in [1.165, 1.54) is 6.07 Å². The number of hydrogen-bond donors (Lipinski definition) is 1. The van der Waals surface area contributed by atoms with Gasteiger partial charge in [0.15, 0.2) is 0 Å². The van der Waals surface area contributed by atoms with E-state index in [2.05, 4.69) is 5.32 Å². The molecule has 0 heterocycles. The number of anilines is 1. The van der Waals surface area contributed by atoms with Crippen LogP contribution in [0.4, 0.5) is 10.1 Å². The molecule has 3 aromatic rings. The smallest absolute Gasteiger partial charge is 0.238 e. The van der Waals surface area contributed by atoms with E-state index >= 15 is 0 Å². The van der Waals surface area contributed by atoms with Gasteiger partial charge in [0.2, 0.25) is 5.91 Å². The monoisotopic (exact) mass is 322 g/mol. The number of likely N-dealkylation sites (N-methyl/N-ethyl adjacent to an activating group) is 1. The Morgan fingerprint density at radius 2 is 1.71 bits per heavy atom. The van der Waals surface area contributed by atoms with Crippen molar-refractivity contribution in [2.75, 3.05) is 18.9 Å². The number of nitrogens with zero attached hydrogens (tertiary/aromatic N) is 1. The highest BCUT2D eigenvalue weighted by molar-refractivity contribution is 5.95. The van der Waals surface area contributed by atoms with Crippen molar-refractivity contribution in [3.63, 3.8) is 0 Å². The molecule has 122 valence electrons. The molecule has 1 N–H and O–H groups in total. The lowest BCUT2D eigenvalue weighted by atomic mass is 10.1. The largest absolute Gasteiger partial charge is 0.325 e. The van der Waals surface area contributed by atoms with Gasteiger partial charge in [-0.25, -0.2) is 4.39 Å². The SMILES string of the molecule is CN(CC(=O)Nc1ccc2ccccc2c1)Cc1ccccc1F. The van der Waals surface area contributed by atoms with E-state index in [0.717, 1.165) is 16.5 Å². The second kappa shape index (κ2) is 7.23. The van der Waals surface area contributed by atoms with Gasteiger partial charge in [-0.05, 0) is 36.0 Å². The summed E-state index contributed by atoms with van der Waals surface area (Å²) in [5, 5.41) is 5.10. The van der Waals surface area contributed by atoms with Crippen molar-refractivity contribution < 1.29 is 9.18 Å². The number of fused-ring (bicyclic) bond motifs is 1. The van der Waals surface area contributed by atoms with Gasteiger partial charge in [0.25, 0.3) is 0 Å². The number of hydrogen-bond acceptors (Lipinski definition) is 2. The van der Waals surface area contributed by atoms with Crippen molar-refractivity contribution in [1.82, 2.24) is 4.90 Å². The lowest BCUT2D eigenvalue weighted by Crippen LogP contribution is -2.30. The highest BCUT2D eigenvalue weighted by Crippen LogP contribution is 2.18. The summed E-state index contributed by atoms with van der Waals surface area (Å²) in [7, 11) is 1.80. The second-order valence-electron chi connectivity index (χ2n) is 5.87. The molecule has 0 bridgehead atoms. The first-order valence-corrected chi connectivity index (χ1v) is 7.82. The third-order valence-corrected chi connectivity index (χ3v) is 3.84. The summed E-state index contributed by atoms with van der Waals surface area (Å²) in [5.41, 5.74) is 1.34. The Hall–Kier alpha value is -2.72. The molecule has 0 atom stereocenters. The maximum atomic E-state index is 13.7. The van der Waals surface area contributed by atoms with Crippen LogP contribution < -0.4 is 5.32 Å². The number of halogens is 1. The topological polar surface area (TPSA) is 32.3 Å². The lowest BCUT2D eigenvalue weighted by molar-refractivity contribution is -0.117. The highest BCUT2D eigenvalue weighted by Gasteiger charge is 2.10. The minimum absolute atomic E-state index is 0.121. The Kier molecular flexibility index (Phi) is 4.87. The van der Waals surface area contributed by atoms with Crippen LogP contribution in [0.5, 0.6) is 0 Å². The molecular formula is C20H19FN2O. The van der Waals surface area contributed by atoms with Crippen molar-refractivity contribution in [1.29, 1.82) is 0 Å². The summed E-state index contributed by atoms with van der Waals surface area (Å²) >= 11 is 0. The zero-order valence-corrected chi connectivity index (χ0v) is 13.5. The number of carbonyl (C=O) groups is 1. The molecule has 3 nitrogen and oxygen atoms in total. The lowest BCUT2D eigenvalue weighted by Gasteiger charge is -2.17. The maximum absolute atomic E-state index is 13.7. The van der Waals surface area contributed by atoms with Gasteiger partial charge in [0.05, 0.1) is 6.54 Å². The molecule has 0 spiro atoms. The molecule has 3 aromatic carbocycles. The van der Waals surface area contributed by atoms with Gasteiger partial charge < -0.3 is 5.32 Å². The van der Waals surface area contributed by atoms with Gasteiger partial charge in [-0.2, -0.15) is 0 Å². The molecular weight excluding hydrogens is 303 g/mol. The Bertz CT molecular complexity index is 863. The quantitative estimate of drug-likeness (QED) is 0.768. The summed E-state index contributed by atoms with van der Waals surface area (Å²) in [6.07, 6.45) is 0. The third-order valence-electron chi connectivity index (χ3n) is 3.84. The first-order valence-electron chi connectivity index (χ1n) is 7.82. The molecule has 3 rings (SSSR count). The first-order chi connectivity index (χ1) is 11.6. The average molecular weight is 322 g/mol. The summed E-state index contributed by atoms with van der Waals surface area (Å²) < 4.78 is 13.7. The van der Waals surface area contributed by atoms with Crippen molar-refractivity contribution in [2.45, 2.75) is 6.54 Å². The molecule has 0 fully saturated rings. The predicted octanol–water partition coefficient (Wildman–Crippen LogP) is 4.05. The van der Waals surface area contributed by atoms with Gasteiger partial charge in [-0.1, -0.05) is 48.5 Å². The van der Waals surface area contributed by atoms with Gasteiger partial charge in [0, 0.05) is 17.8 Å². The minimum Gasteiger partial charge on any atom is -0.325 e. The van der Waals surface area contributed by atoms with E-state index in [1.807, 2.05) is 42.5 Å². The zero-order chi connectivity index (χ0) is 16.9. The number of benzene rings is 3. The molecule has 24 heavy (non-hydrogen) atoms. The van der Waals surface area contributed by atoms with Crippen LogP contribution in [-0.2, 0) is 11.3 Å². The molecule has 0 radical (unpaired) electrons. The van der Waals surface area contributed by atoms with Gasteiger partial charge in [-0.3, -0.25) is 9.69 Å². The van der Waals surface area contributed by atoms with Crippen LogP contribution in [0.1, 0.15) is 5.56 Å². The van der Waals surface area contributed by atoms with E-state index in [0.29, 0.717) is 12.1 Å². The highest BCUT2D eigenvalue weighted by atomic mass is 19.1. The average Bonchev–Trinajstić information content (AvgIpc) is 2.56. The fourth-order valence-electron chi connectivity index (χ4n) is 2.69. The standard InChI is InChI=1S/C20H19FN2O/c1-23(13-17-8-4-5-9-19(17)21)14-20(24)22-18-11-10-15-6-2-3-7-16(15)12-18/h2-12H,13-14H2,1H3,(H,22,24). The molecule has 0 saturated heterocycles. The fraction of sp³-hybridized carbons (Fsp3) is 0.150. The van der Waals surface area contributed by atoms with Crippen LogP contribution >= 0.6 is 0 Å². The zero-order valence-electron chi connectivity index (χ0n) is 13.5. The third kappa shape index (κ3) is 3.97. The van der Waals surface area contributed by atoms with E-state index in [4.69, 9.17) is 0 Å². The van der Waals surface area contributed by atoms with Crippen LogP contribution in [0.2, 0.25) is 0 Å². The van der Waals surface area contributed by atoms with E-state index in [9.17, 15) is 9.18 Å². The van der Waals surface area contributed by atoms with Crippen molar-refractivity contribution >= 4 is 22.4 Å². The number of rotatable bonds is 5. The number of nitrogens with one attached hydrogen (secondary N) is 1. The maximum Gasteiger partial charge on any atom is 0.238 e.